The van der Waals surface area contributed by atoms with E-state index >= 15 is 0 Å². The zero-order chi connectivity index (χ0) is 23.6. The van der Waals surface area contributed by atoms with Crippen molar-refractivity contribution < 1.29 is 13.2 Å². The highest BCUT2D eigenvalue weighted by atomic mass is 32.2. The number of fused-ring (bicyclic) bond motifs is 1. The summed E-state index contributed by atoms with van der Waals surface area (Å²) in [5.41, 5.74) is 4.71. The number of hydrogen-bond donors (Lipinski definition) is 2. The van der Waals surface area contributed by atoms with Crippen LogP contribution in [0.2, 0.25) is 0 Å². The first-order chi connectivity index (χ1) is 15.8. The van der Waals surface area contributed by atoms with Crippen molar-refractivity contribution >= 4 is 15.7 Å². The van der Waals surface area contributed by atoms with Crippen molar-refractivity contribution in [2.75, 3.05) is 12.3 Å². The smallest absolute Gasteiger partial charge is 0.347 e. The van der Waals surface area contributed by atoms with E-state index in [1.54, 1.807) is 18.2 Å². The highest BCUT2D eigenvalue weighted by Crippen LogP contribution is 2.23. The van der Waals surface area contributed by atoms with Crippen LogP contribution in [0.4, 0.5) is 0 Å². The molecule has 0 unspecified atom stereocenters. The molecule has 2 aliphatic rings. The number of hydrogen-bond acceptors (Lipinski definition) is 6. The van der Waals surface area contributed by atoms with Crippen molar-refractivity contribution in [3.63, 3.8) is 0 Å². The molecule has 1 aromatic heterocycles. The monoisotopic (exact) mass is 477 g/mol. The molecule has 180 valence electrons. The van der Waals surface area contributed by atoms with Gasteiger partial charge in [-0.3, -0.25) is 4.79 Å². The first-order valence-electron chi connectivity index (χ1n) is 11.5. The number of carbonyl (C=O) groups excluding carboxylic acids is 1. The van der Waals surface area contributed by atoms with Crippen molar-refractivity contribution in [1.82, 2.24) is 19.2 Å². The first kappa shape index (κ1) is 23.5. The Bertz CT molecular complexity index is 1210. The minimum absolute atomic E-state index is 0.142. The number of nitrogens with zero attached hydrogens (tertiary/aromatic N) is 3. The van der Waals surface area contributed by atoms with E-state index in [9.17, 15) is 22.8 Å². The zero-order valence-electron chi connectivity index (χ0n) is 18.6. The Hall–Kier alpha value is -2.66. The molecule has 1 amide bonds. The maximum absolute atomic E-state index is 13.1. The van der Waals surface area contributed by atoms with Crippen LogP contribution in [0.5, 0.6) is 0 Å². The van der Waals surface area contributed by atoms with Gasteiger partial charge in [0.1, 0.15) is 6.04 Å². The van der Waals surface area contributed by atoms with Crippen LogP contribution in [-0.2, 0) is 27.7 Å². The molecule has 1 aromatic carbocycles. The minimum Gasteiger partial charge on any atom is -0.354 e. The Morgan fingerprint density at radius 2 is 1.73 bits per heavy atom. The van der Waals surface area contributed by atoms with Gasteiger partial charge < -0.3 is 11.1 Å². The third-order valence-electron chi connectivity index (χ3n) is 6.73. The van der Waals surface area contributed by atoms with E-state index < -0.39 is 27.3 Å². The molecule has 1 aliphatic heterocycles. The van der Waals surface area contributed by atoms with E-state index in [-0.39, 0.29) is 29.1 Å². The van der Waals surface area contributed by atoms with Crippen LogP contribution >= 0.6 is 0 Å². The fourth-order valence-electron chi connectivity index (χ4n) is 4.75. The van der Waals surface area contributed by atoms with Gasteiger partial charge in [-0.25, -0.2) is 31.9 Å². The summed E-state index contributed by atoms with van der Waals surface area (Å²) in [5, 5.41) is 2.95. The number of amides is 1. The summed E-state index contributed by atoms with van der Waals surface area (Å²) in [6.45, 7) is 0.576. The lowest BCUT2D eigenvalue weighted by Crippen LogP contribution is -2.44. The SMILES string of the molecule is NC1CCC(CNC(=O)[C@@H]2CCCn3c(=O)n(CCS(=O)(=O)c4ccccc4)c(=O)n32)CC1. The van der Waals surface area contributed by atoms with E-state index in [1.807, 2.05) is 0 Å². The second kappa shape index (κ2) is 9.68. The van der Waals surface area contributed by atoms with E-state index in [0.29, 0.717) is 31.8 Å². The average molecular weight is 478 g/mol. The van der Waals surface area contributed by atoms with Crippen molar-refractivity contribution in [2.24, 2.45) is 11.7 Å². The van der Waals surface area contributed by atoms with Crippen molar-refractivity contribution in [1.29, 1.82) is 0 Å². The predicted octanol–water partition coefficient (Wildman–Crippen LogP) is 0.254. The molecule has 0 saturated heterocycles. The van der Waals surface area contributed by atoms with Gasteiger partial charge in [0.25, 0.3) is 0 Å². The van der Waals surface area contributed by atoms with Gasteiger partial charge in [0.2, 0.25) is 5.91 Å². The number of rotatable bonds is 7. The highest BCUT2D eigenvalue weighted by Gasteiger charge is 2.32. The molecule has 3 N–H and O–H groups in total. The van der Waals surface area contributed by atoms with Crippen LogP contribution in [0, 0.1) is 5.92 Å². The quantitative estimate of drug-likeness (QED) is 0.586. The lowest BCUT2D eigenvalue weighted by atomic mass is 9.86. The van der Waals surface area contributed by atoms with Crippen LogP contribution in [0.15, 0.2) is 44.8 Å². The van der Waals surface area contributed by atoms with E-state index in [1.165, 1.54) is 21.5 Å². The summed E-state index contributed by atoms with van der Waals surface area (Å²) in [7, 11) is -3.65. The average Bonchev–Trinajstić information content (AvgIpc) is 3.07. The molecule has 1 aliphatic carbocycles. The summed E-state index contributed by atoms with van der Waals surface area (Å²) in [6, 6.07) is 7.37. The minimum atomic E-state index is -3.65. The summed E-state index contributed by atoms with van der Waals surface area (Å²) in [6.07, 6.45) is 4.84. The number of nitrogens with two attached hydrogens (primary N) is 1. The summed E-state index contributed by atoms with van der Waals surface area (Å²) >= 11 is 0. The number of carbonyl (C=O) groups is 1. The van der Waals surface area contributed by atoms with Crippen LogP contribution in [0.3, 0.4) is 0 Å². The predicted molar refractivity (Wildman–Crippen MR) is 123 cm³/mol. The van der Waals surface area contributed by atoms with E-state index in [2.05, 4.69) is 5.32 Å². The topological polar surface area (TPSA) is 138 Å². The Kier molecular flexibility index (Phi) is 6.89. The maximum Gasteiger partial charge on any atom is 0.347 e. The zero-order valence-corrected chi connectivity index (χ0v) is 19.4. The van der Waals surface area contributed by atoms with Crippen LogP contribution in [-0.4, -0.2) is 46.6 Å². The number of sulfone groups is 1. The number of benzene rings is 1. The molecule has 11 heteroatoms. The Labute approximate surface area is 192 Å². The second-order valence-corrected chi connectivity index (χ2v) is 11.1. The molecule has 1 atom stereocenters. The lowest BCUT2D eigenvalue weighted by molar-refractivity contribution is -0.126. The van der Waals surface area contributed by atoms with Gasteiger partial charge in [0.05, 0.1) is 10.6 Å². The van der Waals surface area contributed by atoms with Crippen LogP contribution in [0.1, 0.15) is 44.6 Å². The van der Waals surface area contributed by atoms with Crippen molar-refractivity contribution in [3.05, 3.63) is 51.3 Å². The second-order valence-electron chi connectivity index (χ2n) is 9.00. The first-order valence-corrected chi connectivity index (χ1v) is 13.2. The standard InChI is InChI=1S/C22H31N5O5S/c23-17-10-8-16(9-11-17)15-24-20(28)19-7-4-12-26-21(29)25(22(30)27(19)26)13-14-33(31,32)18-5-2-1-3-6-18/h1-3,5-6,16-17,19H,4,7-15,23H2,(H,24,28)/t16?,17?,19-/m0/s1. The molecule has 0 bridgehead atoms. The molecule has 2 aromatic rings. The lowest BCUT2D eigenvalue weighted by Gasteiger charge is -2.28. The molecule has 2 heterocycles. The molecular formula is C22H31N5O5S. The van der Waals surface area contributed by atoms with Crippen molar-refractivity contribution in [2.45, 2.75) is 68.6 Å². The summed E-state index contributed by atoms with van der Waals surface area (Å²) in [4.78, 5) is 39.0. The van der Waals surface area contributed by atoms with Gasteiger partial charge in [-0.1, -0.05) is 18.2 Å². The van der Waals surface area contributed by atoms with Gasteiger partial charge in [-0.05, 0) is 56.6 Å². The summed E-state index contributed by atoms with van der Waals surface area (Å²) in [5.74, 6) is -0.296. The normalized spacial score (nSPS) is 23.1. The van der Waals surface area contributed by atoms with Crippen LogP contribution in [0.25, 0.3) is 0 Å². The molecule has 0 spiro atoms. The van der Waals surface area contributed by atoms with Gasteiger partial charge in [-0.15, -0.1) is 0 Å². The third kappa shape index (κ3) is 4.98. The number of aromatic nitrogens is 3. The van der Waals surface area contributed by atoms with Crippen molar-refractivity contribution in [3.8, 4) is 0 Å². The third-order valence-corrected chi connectivity index (χ3v) is 8.44. The van der Waals surface area contributed by atoms with E-state index in [0.717, 1.165) is 30.3 Å². The maximum atomic E-state index is 13.1. The summed E-state index contributed by atoms with van der Waals surface area (Å²) < 4.78 is 28.6. The van der Waals surface area contributed by atoms with Gasteiger partial charge >= 0.3 is 11.4 Å². The Morgan fingerprint density at radius 3 is 2.42 bits per heavy atom. The molecule has 1 fully saturated rings. The van der Waals surface area contributed by atoms with E-state index in [4.69, 9.17) is 5.73 Å². The van der Waals surface area contributed by atoms with Gasteiger partial charge in [-0.2, -0.15) is 0 Å². The van der Waals surface area contributed by atoms with Gasteiger partial charge in [0.15, 0.2) is 9.84 Å². The molecule has 10 nitrogen and oxygen atoms in total. The Morgan fingerprint density at radius 1 is 1.03 bits per heavy atom. The number of nitrogens with one attached hydrogen (secondary N) is 1. The fourth-order valence-corrected chi connectivity index (χ4v) is 5.98. The molecule has 1 saturated carbocycles. The van der Waals surface area contributed by atoms with Crippen LogP contribution < -0.4 is 22.4 Å². The molecule has 4 rings (SSSR count). The molecule has 0 radical (unpaired) electrons. The highest BCUT2D eigenvalue weighted by molar-refractivity contribution is 7.91. The Balaban J connectivity index is 1.49. The molecule has 33 heavy (non-hydrogen) atoms. The fraction of sp³-hybridized carbons (Fsp3) is 0.591. The molecular weight excluding hydrogens is 446 g/mol. The largest absolute Gasteiger partial charge is 0.354 e. The van der Waals surface area contributed by atoms with Gasteiger partial charge in [0, 0.05) is 25.7 Å².